The number of allylic oxidation sites excluding steroid dienone is 2. The second kappa shape index (κ2) is 30.9. The van der Waals surface area contributed by atoms with Gasteiger partial charge in [0.05, 0.1) is 24.8 Å². The number of anilines is 5. The Hall–Kier alpha value is -10.7. The summed E-state index contributed by atoms with van der Waals surface area (Å²) in [5, 5.41) is 9.42. The zero-order chi connectivity index (χ0) is 62.5. The third-order valence-electron chi connectivity index (χ3n) is 11.6. The highest BCUT2D eigenvalue weighted by Gasteiger charge is 2.18. The number of ether oxygens (including phenoxy) is 4. The minimum atomic E-state index is 0.231. The van der Waals surface area contributed by atoms with Crippen molar-refractivity contribution in [1.29, 1.82) is 0 Å². The van der Waals surface area contributed by atoms with Crippen LogP contribution in [0.2, 0.25) is 0 Å². The van der Waals surface area contributed by atoms with Gasteiger partial charge >= 0.3 is 0 Å². The first-order chi connectivity index (χ1) is 40.5. The van der Waals surface area contributed by atoms with Gasteiger partial charge in [-0.1, -0.05) is 58.6 Å². The Morgan fingerprint density at radius 1 is 0.494 bits per heavy atom. The van der Waals surface area contributed by atoms with Crippen LogP contribution in [0.1, 0.15) is 137 Å². The van der Waals surface area contributed by atoms with Crippen LogP contribution < -0.4 is 46.4 Å². The van der Waals surface area contributed by atoms with E-state index in [4.69, 9.17) is 49.7 Å². The van der Waals surface area contributed by atoms with Crippen molar-refractivity contribution in [2.45, 2.75) is 108 Å². The van der Waals surface area contributed by atoms with E-state index in [9.17, 15) is 0 Å². The van der Waals surface area contributed by atoms with E-state index in [0.29, 0.717) is 104 Å². The molecule has 0 saturated carbocycles. The van der Waals surface area contributed by atoms with E-state index in [1.807, 2.05) is 54.5 Å². The summed E-state index contributed by atoms with van der Waals surface area (Å²) < 4.78 is 23.6. The van der Waals surface area contributed by atoms with Gasteiger partial charge in [0.2, 0.25) is 0 Å². The second-order valence-electron chi connectivity index (χ2n) is 19.7. The van der Waals surface area contributed by atoms with Crippen LogP contribution in [0.15, 0.2) is 87.0 Å². The number of nitrogen functional groups attached to an aromatic ring is 2. The number of rotatable bonds is 17. The van der Waals surface area contributed by atoms with Crippen LogP contribution in [0.4, 0.5) is 29.1 Å². The maximum Gasteiger partial charge on any atom is 0.187 e. The molecule has 7 N–H and O–H groups in total. The van der Waals surface area contributed by atoms with E-state index in [1.54, 1.807) is 82.5 Å². The minimum Gasteiger partial charge on any atom is -0.451 e. The molecule has 8 aromatic rings. The second-order valence-corrected chi connectivity index (χ2v) is 19.7. The molecule has 0 aliphatic rings. The van der Waals surface area contributed by atoms with E-state index in [0.717, 1.165) is 45.8 Å². The maximum atomic E-state index is 6.08. The molecule has 8 heterocycles. The first-order valence-electron chi connectivity index (χ1n) is 26.9. The van der Waals surface area contributed by atoms with Gasteiger partial charge in [0.25, 0.3) is 0 Å². The third-order valence-corrected chi connectivity index (χ3v) is 11.6. The van der Waals surface area contributed by atoms with Crippen molar-refractivity contribution in [2.24, 2.45) is 0 Å². The first-order valence-corrected chi connectivity index (χ1v) is 26.9. The highest BCUT2D eigenvalue weighted by Crippen LogP contribution is 2.37. The van der Waals surface area contributed by atoms with E-state index in [2.05, 4.69) is 134 Å². The number of nitrogens with two attached hydrogens (primary N) is 2. The fourth-order valence-corrected chi connectivity index (χ4v) is 7.34. The highest BCUT2D eigenvalue weighted by atomic mass is 16.5. The Bertz CT molecular complexity index is 3790. The zero-order valence-electron chi connectivity index (χ0n) is 50.7. The molecule has 8 rings (SSSR count). The number of terminal acetylenes is 3. The molecule has 0 aliphatic heterocycles. The lowest BCUT2D eigenvalue weighted by atomic mass is 10.0. The Kier molecular flexibility index (Phi) is 23.7. The smallest absolute Gasteiger partial charge is 0.187 e. The summed E-state index contributed by atoms with van der Waals surface area (Å²) in [5.41, 5.74) is 18.4. The minimum absolute atomic E-state index is 0.231. The lowest BCUT2D eigenvalue weighted by Crippen LogP contribution is -2.13. The number of aromatic nitrogens is 12. The summed E-state index contributed by atoms with van der Waals surface area (Å²) in [4.78, 5) is 50.3. The van der Waals surface area contributed by atoms with Crippen molar-refractivity contribution >= 4 is 40.2 Å². The Balaban J connectivity index is 0.000000207. The Morgan fingerprint density at radius 2 is 0.859 bits per heavy atom. The van der Waals surface area contributed by atoms with Crippen LogP contribution in [0.5, 0.6) is 46.0 Å². The van der Waals surface area contributed by atoms with Crippen LogP contribution in [0.3, 0.4) is 0 Å². The lowest BCUT2D eigenvalue weighted by Gasteiger charge is -2.17. The molecule has 0 spiro atoms. The number of nitrogens with zero attached hydrogens (tertiary/aromatic N) is 12. The topological polar surface area (TPSA) is 280 Å². The molecule has 0 radical (unpaired) electrons. The molecule has 8 aromatic heterocycles. The quantitative estimate of drug-likeness (QED) is 0.0530. The van der Waals surface area contributed by atoms with Gasteiger partial charge in [-0.05, 0) is 85.3 Å². The van der Waals surface area contributed by atoms with Crippen LogP contribution in [0, 0.1) is 64.7 Å². The standard InChI is InChI=1S/C18H22N4O.C16H18N4O.C15H19N5O.C15H14N4O/c1-7-14-8-16(15(9-20-14)11(2)3)23-17-10-19-13(6)22-18(17)21-12(4)5;1-6-12-7-14(13(8-19-12)10(2)3)21-15-9-18-11(4)20-16(15)17-5;1-5-17-14-6-12(11(7-19-14)9(2)3)21-13-8-18-10(4)20-15(13)16;1-5-11-6-13(12(7-18-11)9(2)3)20-14-8-17-10(4)19-15(14)16/h1,8-12H,2-6H3,(H,19,21,22);1,7-10H,2-5H3,(H,17,18,20);6-8H,2,5H2,1,3-4H3,(H,17,19)(H2,16,18,20);1,6-8H,2H2,3-4H3,(H2,16,17,19). The predicted molar refractivity (Wildman–Crippen MR) is 337 cm³/mol. The highest BCUT2D eigenvalue weighted by molar-refractivity contribution is 5.70. The van der Waals surface area contributed by atoms with Gasteiger partial charge in [0.1, 0.15) is 69.2 Å². The summed E-state index contributed by atoms with van der Waals surface area (Å²) in [6.45, 7) is 33.9. The number of aryl methyl sites for hydroxylation is 4. The molecule has 0 amide bonds. The third kappa shape index (κ3) is 18.9. The molecule has 0 bridgehead atoms. The molecule has 21 heteroatoms. The van der Waals surface area contributed by atoms with Crippen LogP contribution >= 0.6 is 0 Å². The van der Waals surface area contributed by atoms with E-state index >= 15 is 0 Å². The number of hydrogen-bond donors (Lipinski definition) is 5. The molecule has 438 valence electrons. The average molecular weight is 1140 g/mol. The van der Waals surface area contributed by atoms with Crippen molar-refractivity contribution in [3.8, 4) is 83.0 Å². The van der Waals surface area contributed by atoms with E-state index < -0.39 is 0 Å². The van der Waals surface area contributed by atoms with Crippen molar-refractivity contribution < 1.29 is 18.9 Å². The molecule has 0 aliphatic carbocycles. The van der Waals surface area contributed by atoms with Gasteiger partial charge in [-0.25, -0.2) is 59.8 Å². The lowest BCUT2D eigenvalue weighted by molar-refractivity contribution is 0.468. The number of pyridine rings is 4. The molecule has 85 heavy (non-hydrogen) atoms. The van der Waals surface area contributed by atoms with Gasteiger partial charge in [-0.2, -0.15) is 0 Å². The van der Waals surface area contributed by atoms with Gasteiger partial charge in [-0.15, -0.1) is 19.3 Å². The SMILES string of the molecule is C#Cc1cc(Oc2cnc(C)nc2N)c(C(=C)C)cn1.C#Cc1cc(Oc2cnc(C)nc2NC(C)C)c(C(C)C)cn1.C#Cc1cc(Oc2cnc(C)nc2NC)c(C(C)C)cn1.C=C(C)c1cnc(NCC)cc1Oc1cnc(C)nc1N. The number of hydrogen-bond acceptors (Lipinski definition) is 21. The average Bonchev–Trinajstić information content (AvgIpc) is 3.61. The predicted octanol–water partition coefficient (Wildman–Crippen LogP) is 12.6. The molecular weight excluding hydrogens is 1070 g/mol. The maximum absolute atomic E-state index is 6.08. The fourth-order valence-electron chi connectivity index (χ4n) is 7.34. The Morgan fingerprint density at radius 3 is 1.25 bits per heavy atom. The van der Waals surface area contributed by atoms with Gasteiger partial charge in [0, 0.05) is 90.9 Å². The normalized spacial score (nSPS) is 10.3. The van der Waals surface area contributed by atoms with Crippen LogP contribution in [-0.2, 0) is 0 Å². The van der Waals surface area contributed by atoms with Gasteiger partial charge in [-0.3, -0.25) is 0 Å². The van der Waals surface area contributed by atoms with Crippen molar-refractivity contribution in [3.63, 3.8) is 0 Å². The molecule has 21 nitrogen and oxygen atoms in total. The van der Waals surface area contributed by atoms with Crippen LogP contribution in [0.25, 0.3) is 11.1 Å². The molecular formula is C64H73N17O4. The molecule has 0 atom stereocenters. The fraction of sp³-hybridized carbons (Fsp3) is 0.281. The molecule has 0 unspecified atom stereocenters. The van der Waals surface area contributed by atoms with E-state index in [1.165, 1.54) is 6.20 Å². The van der Waals surface area contributed by atoms with E-state index in [-0.39, 0.29) is 23.7 Å². The largest absolute Gasteiger partial charge is 0.451 e. The molecule has 0 saturated heterocycles. The molecule has 0 fully saturated rings. The summed E-state index contributed by atoms with van der Waals surface area (Å²) in [6.07, 6.45) is 29.5. The molecule has 0 aromatic carbocycles. The summed E-state index contributed by atoms with van der Waals surface area (Å²) in [5.74, 6) is 17.6. The summed E-state index contributed by atoms with van der Waals surface area (Å²) >= 11 is 0. The van der Waals surface area contributed by atoms with Crippen molar-refractivity contribution in [3.05, 3.63) is 150 Å². The van der Waals surface area contributed by atoms with Crippen molar-refractivity contribution in [1.82, 2.24) is 59.8 Å². The first kappa shape index (κ1) is 65.1. The van der Waals surface area contributed by atoms with Gasteiger partial charge in [0.15, 0.2) is 46.3 Å². The summed E-state index contributed by atoms with van der Waals surface area (Å²) in [6, 6.07) is 7.23. The van der Waals surface area contributed by atoms with Crippen molar-refractivity contribution in [2.75, 3.05) is 41.0 Å². The van der Waals surface area contributed by atoms with Gasteiger partial charge < -0.3 is 46.4 Å². The monoisotopic (exact) mass is 1140 g/mol. The summed E-state index contributed by atoms with van der Waals surface area (Å²) in [7, 11) is 1.79. The Labute approximate surface area is 498 Å². The number of nitrogens with one attached hydrogen (secondary N) is 3. The van der Waals surface area contributed by atoms with Crippen LogP contribution in [-0.4, -0.2) is 79.4 Å². The zero-order valence-corrected chi connectivity index (χ0v) is 50.7.